The maximum atomic E-state index is 12.9. The molecule has 0 saturated heterocycles. The van der Waals surface area contributed by atoms with E-state index in [1.165, 1.54) is 0 Å². The minimum atomic E-state index is -0.321. The van der Waals surface area contributed by atoms with Gasteiger partial charge in [-0.1, -0.05) is 30.3 Å². The molecule has 1 atom stereocenters. The van der Waals surface area contributed by atoms with Crippen molar-refractivity contribution in [3.05, 3.63) is 83.4 Å². The number of aryl methyl sites for hydroxylation is 2. The zero-order valence-electron chi connectivity index (χ0n) is 15.6. The maximum Gasteiger partial charge on any atom is 0.252 e. The van der Waals surface area contributed by atoms with E-state index >= 15 is 0 Å². The number of hydrogen-bond acceptors (Lipinski definition) is 3. The lowest BCUT2D eigenvalue weighted by atomic mass is 10.0. The Morgan fingerprint density at radius 2 is 1.81 bits per heavy atom. The van der Waals surface area contributed by atoms with Crippen LogP contribution in [0.2, 0.25) is 0 Å². The molecule has 134 valence electrons. The molecular formula is C21H24N4O. The van der Waals surface area contributed by atoms with Crippen LogP contribution in [0.15, 0.2) is 60.9 Å². The summed E-state index contributed by atoms with van der Waals surface area (Å²) in [6.45, 7) is 1.94. The molecule has 0 aliphatic carbocycles. The van der Waals surface area contributed by atoms with Crippen molar-refractivity contribution in [2.24, 2.45) is 7.05 Å². The van der Waals surface area contributed by atoms with Crippen LogP contribution in [0.25, 0.3) is 0 Å². The van der Waals surface area contributed by atoms with E-state index in [1.54, 1.807) is 6.20 Å². The molecule has 1 unspecified atom stereocenters. The highest BCUT2D eigenvalue weighted by Crippen LogP contribution is 2.24. The predicted octanol–water partition coefficient (Wildman–Crippen LogP) is 3.31. The zero-order valence-corrected chi connectivity index (χ0v) is 15.6. The molecule has 0 aliphatic rings. The molecule has 3 rings (SSSR count). The third-order valence-corrected chi connectivity index (χ3v) is 4.52. The molecule has 5 heteroatoms. The van der Waals surface area contributed by atoms with Crippen molar-refractivity contribution in [3.8, 4) is 0 Å². The lowest BCUT2D eigenvalue weighted by Gasteiger charge is -2.21. The van der Waals surface area contributed by atoms with E-state index in [0.717, 1.165) is 22.6 Å². The molecule has 26 heavy (non-hydrogen) atoms. The number of amides is 1. The van der Waals surface area contributed by atoms with Gasteiger partial charge in [-0.3, -0.25) is 4.79 Å². The van der Waals surface area contributed by atoms with E-state index in [9.17, 15) is 4.79 Å². The van der Waals surface area contributed by atoms with Gasteiger partial charge < -0.3 is 14.8 Å². The van der Waals surface area contributed by atoms with Gasteiger partial charge in [-0.15, -0.1) is 0 Å². The van der Waals surface area contributed by atoms with E-state index in [-0.39, 0.29) is 11.9 Å². The Morgan fingerprint density at radius 1 is 1.12 bits per heavy atom. The Morgan fingerprint density at radius 3 is 2.38 bits per heavy atom. The first-order valence-electron chi connectivity index (χ1n) is 8.58. The first-order valence-corrected chi connectivity index (χ1v) is 8.58. The van der Waals surface area contributed by atoms with Gasteiger partial charge in [-0.25, -0.2) is 4.98 Å². The normalized spacial score (nSPS) is 11.8. The van der Waals surface area contributed by atoms with E-state index in [0.29, 0.717) is 5.56 Å². The zero-order chi connectivity index (χ0) is 18.7. The molecule has 0 fully saturated rings. The van der Waals surface area contributed by atoms with Crippen LogP contribution in [0.1, 0.15) is 33.4 Å². The molecule has 0 saturated carbocycles. The average molecular weight is 348 g/mol. The number of carbonyl (C=O) groups is 1. The first-order chi connectivity index (χ1) is 12.5. The lowest BCUT2D eigenvalue weighted by Crippen LogP contribution is -2.31. The minimum absolute atomic E-state index is 0.104. The molecule has 2 aromatic carbocycles. The number of carbonyl (C=O) groups excluding carboxylic acids is 1. The molecule has 5 nitrogen and oxygen atoms in total. The highest BCUT2D eigenvalue weighted by atomic mass is 16.1. The SMILES string of the molecule is Cc1ccccc1C(=O)NC(c1ccc(N(C)C)cc1)c1nccn1C. The summed E-state index contributed by atoms with van der Waals surface area (Å²) in [4.78, 5) is 19.4. The second kappa shape index (κ2) is 7.44. The van der Waals surface area contributed by atoms with Gasteiger partial charge in [-0.05, 0) is 36.2 Å². The molecule has 1 amide bonds. The Labute approximate surface area is 154 Å². The summed E-state index contributed by atoms with van der Waals surface area (Å²) in [6.07, 6.45) is 3.63. The molecular weight excluding hydrogens is 324 g/mol. The summed E-state index contributed by atoms with van der Waals surface area (Å²) >= 11 is 0. The molecule has 0 spiro atoms. The van der Waals surface area contributed by atoms with E-state index < -0.39 is 0 Å². The number of hydrogen-bond donors (Lipinski definition) is 1. The van der Waals surface area contributed by atoms with Crippen LogP contribution >= 0.6 is 0 Å². The van der Waals surface area contributed by atoms with Gasteiger partial charge >= 0.3 is 0 Å². The van der Waals surface area contributed by atoms with Crippen LogP contribution in [0.3, 0.4) is 0 Å². The van der Waals surface area contributed by atoms with Crippen LogP contribution in [0.5, 0.6) is 0 Å². The molecule has 1 heterocycles. The van der Waals surface area contributed by atoms with Crippen LogP contribution < -0.4 is 10.2 Å². The second-order valence-corrected chi connectivity index (χ2v) is 6.60. The quantitative estimate of drug-likeness (QED) is 0.769. The fourth-order valence-electron chi connectivity index (χ4n) is 2.95. The van der Waals surface area contributed by atoms with Crippen molar-refractivity contribution < 1.29 is 4.79 Å². The number of imidazole rings is 1. The third-order valence-electron chi connectivity index (χ3n) is 4.52. The Bertz CT molecular complexity index is 896. The molecule has 0 radical (unpaired) electrons. The summed E-state index contributed by atoms with van der Waals surface area (Å²) in [5, 5.41) is 3.15. The molecule has 1 N–H and O–H groups in total. The van der Waals surface area contributed by atoms with Crippen LogP contribution in [0, 0.1) is 6.92 Å². The van der Waals surface area contributed by atoms with Gasteiger partial charge in [0.15, 0.2) is 0 Å². The van der Waals surface area contributed by atoms with Gasteiger partial charge in [0.25, 0.3) is 5.91 Å². The standard InChI is InChI=1S/C21H24N4O/c1-15-7-5-6-8-18(15)21(26)23-19(20-22-13-14-25(20)4)16-9-11-17(12-10-16)24(2)3/h5-14,19H,1-4H3,(H,23,26). The minimum Gasteiger partial charge on any atom is -0.378 e. The molecule has 3 aromatic rings. The fourth-order valence-corrected chi connectivity index (χ4v) is 2.95. The smallest absolute Gasteiger partial charge is 0.252 e. The van der Waals surface area contributed by atoms with Gasteiger partial charge in [0.05, 0.1) is 0 Å². The van der Waals surface area contributed by atoms with Crippen molar-refractivity contribution >= 4 is 11.6 Å². The first kappa shape index (κ1) is 17.7. The largest absolute Gasteiger partial charge is 0.378 e. The Balaban J connectivity index is 1.95. The van der Waals surface area contributed by atoms with Crippen LogP contribution in [-0.4, -0.2) is 29.6 Å². The molecule has 0 bridgehead atoms. The predicted molar refractivity (Wildman–Crippen MR) is 104 cm³/mol. The van der Waals surface area contributed by atoms with Gasteiger partial charge in [0.1, 0.15) is 11.9 Å². The Hall–Kier alpha value is -3.08. The van der Waals surface area contributed by atoms with Crippen molar-refractivity contribution in [2.45, 2.75) is 13.0 Å². The topological polar surface area (TPSA) is 50.2 Å². The second-order valence-electron chi connectivity index (χ2n) is 6.60. The third kappa shape index (κ3) is 3.61. The highest BCUT2D eigenvalue weighted by molar-refractivity contribution is 5.96. The Kier molecular flexibility index (Phi) is 5.07. The molecule has 0 aliphatic heterocycles. The summed E-state index contributed by atoms with van der Waals surface area (Å²) < 4.78 is 1.93. The fraction of sp³-hybridized carbons (Fsp3) is 0.238. The number of nitrogens with one attached hydrogen (secondary N) is 1. The van der Waals surface area contributed by atoms with Crippen molar-refractivity contribution in [1.82, 2.24) is 14.9 Å². The number of benzene rings is 2. The summed E-state index contributed by atoms with van der Waals surface area (Å²) in [5.74, 6) is 0.692. The maximum absolute atomic E-state index is 12.9. The van der Waals surface area contributed by atoms with Crippen molar-refractivity contribution in [2.75, 3.05) is 19.0 Å². The highest BCUT2D eigenvalue weighted by Gasteiger charge is 2.22. The summed E-state index contributed by atoms with van der Waals surface area (Å²) in [5.41, 5.74) is 3.73. The van der Waals surface area contributed by atoms with Crippen LogP contribution in [0.4, 0.5) is 5.69 Å². The van der Waals surface area contributed by atoms with Crippen molar-refractivity contribution in [1.29, 1.82) is 0 Å². The molecule has 1 aromatic heterocycles. The average Bonchev–Trinajstić information content (AvgIpc) is 3.05. The monoisotopic (exact) mass is 348 g/mol. The van der Waals surface area contributed by atoms with Gasteiger partial charge in [-0.2, -0.15) is 0 Å². The van der Waals surface area contributed by atoms with Crippen LogP contribution in [-0.2, 0) is 7.05 Å². The van der Waals surface area contributed by atoms with E-state index in [1.807, 2.05) is 92.3 Å². The number of rotatable bonds is 5. The van der Waals surface area contributed by atoms with Crippen molar-refractivity contribution in [3.63, 3.8) is 0 Å². The number of anilines is 1. The summed E-state index contributed by atoms with van der Waals surface area (Å²) in [6, 6.07) is 15.4. The van der Waals surface area contributed by atoms with Gasteiger partial charge in [0, 0.05) is 44.8 Å². The van der Waals surface area contributed by atoms with Gasteiger partial charge in [0.2, 0.25) is 0 Å². The van der Waals surface area contributed by atoms with E-state index in [2.05, 4.69) is 10.3 Å². The number of aromatic nitrogens is 2. The summed E-state index contributed by atoms with van der Waals surface area (Å²) in [7, 11) is 5.94. The van der Waals surface area contributed by atoms with E-state index in [4.69, 9.17) is 0 Å². The lowest BCUT2D eigenvalue weighted by molar-refractivity contribution is 0.0940. The number of nitrogens with zero attached hydrogens (tertiary/aromatic N) is 3.